The number of hydrogen-bond acceptors (Lipinski definition) is 6. The standard InChI is InChI=1S/C18H18ClN3O4S/c1-2-25-16-9-5-14(6-10-16)18-21-17(26-22-18)11-20-27(23,24)12-13-3-7-15(19)8-4-13/h3-10,20H,2,11-12H2,1H3. The number of nitrogens with one attached hydrogen (secondary N) is 1. The number of sulfonamides is 1. The predicted octanol–water partition coefficient (Wildman–Crippen LogP) is 3.41. The average molecular weight is 408 g/mol. The fourth-order valence-corrected chi connectivity index (χ4v) is 3.54. The maximum Gasteiger partial charge on any atom is 0.242 e. The molecule has 0 atom stereocenters. The van der Waals surface area contributed by atoms with Gasteiger partial charge in [-0.25, -0.2) is 13.1 Å². The average Bonchev–Trinajstić information content (AvgIpc) is 3.12. The van der Waals surface area contributed by atoms with Crippen molar-refractivity contribution in [2.24, 2.45) is 0 Å². The zero-order valence-electron chi connectivity index (χ0n) is 14.6. The fraction of sp³-hybridized carbons (Fsp3) is 0.222. The van der Waals surface area contributed by atoms with E-state index in [4.69, 9.17) is 20.9 Å². The van der Waals surface area contributed by atoms with Crippen LogP contribution in [-0.4, -0.2) is 25.2 Å². The topological polar surface area (TPSA) is 94.3 Å². The first kappa shape index (κ1) is 19.3. The van der Waals surface area contributed by atoms with Gasteiger partial charge in [-0.2, -0.15) is 4.98 Å². The van der Waals surface area contributed by atoms with Crippen molar-refractivity contribution in [3.63, 3.8) is 0 Å². The van der Waals surface area contributed by atoms with Crippen LogP contribution in [0.25, 0.3) is 11.4 Å². The van der Waals surface area contributed by atoms with Gasteiger partial charge in [-0.1, -0.05) is 28.9 Å². The van der Waals surface area contributed by atoms with Crippen molar-refractivity contribution in [2.45, 2.75) is 19.2 Å². The van der Waals surface area contributed by atoms with Crippen molar-refractivity contribution in [3.8, 4) is 17.1 Å². The first-order valence-electron chi connectivity index (χ1n) is 8.23. The lowest BCUT2D eigenvalue weighted by atomic mass is 10.2. The number of halogens is 1. The summed E-state index contributed by atoms with van der Waals surface area (Å²) in [5.41, 5.74) is 1.38. The highest BCUT2D eigenvalue weighted by Crippen LogP contribution is 2.20. The Morgan fingerprint density at radius 2 is 1.81 bits per heavy atom. The molecule has 7 nitrogen and oxygen atoms in total. The summed E-state index contributed by atoms with van der Waals surface area (Å²) in [6.07, 6.45) is 0. The molecule has 142 valence electrons. The first-order chi connectivity index (χ1) is 12.9. The minimum absolute atomic E-state index is 0.0834. The van der Waals surface area contributed by atoms with E-state index in [1.807, 2.05) is 31.2 Å². The van der Waals surface area contributed by atoms with Gasteiger partial charge in [-0.05, 0) is 48.9 Å². The van der Waals surface area contributed by atoms with Gasteiger partial charge in [0.05, 0.1) is 18.9 Å². The summed E-state index contributed by atoms with van der Waals surface area (Å²) < 4.78 is 37.3. The molecule has 0 spiro atoms. The molecule has 0 saturated carbocycles. The van der Waals surface area contributed by atoms with Gasteiger partial charge in [0.25, 0.3) is 0 Å². The molecule has 1 heterocycles. The van der Waals surface area contributed by atoms with E-state index in [9.17, 15) is 8.42 Å². The minimum atomic E-state index is -3.55. The summed E-state index contributed by atoms with van der Waals surface area (Å²) >= 11 is 5.80. The second-order valence-corrected chi connectivity index (χ2v) is 7.92. The maximum absolute atomic E-state index is 12.2. The Labute approximate surface area is 162 Å². The zero-order valence-corrected chi connectivity index (χ0v) is 16.1. The number of benzene rings is 2. The molecular formula is C18H18ClN3O4S. The number of hydrogen-bond donors (Lipinski definition) is 1. The predicted molar refractivity (Wildman–Crippen MR) is 102 cm³/mol. The lowest BCUT2D eigenvalue weighted by molar-refractivity contribution is 0.340. The molecule has 0 bridgehead atoms. The number of ether oxygens (including phenoxy) is 1. The fourth-order valence-electron chi connectivity index (χ4n) is 2.33. The Hall–Kier alpha value is -2.42. The van der Waals surface area contributed by atoms with Crippen LogP contribution in [0.4, 0.5) is 0 Å². The molecule has 3 aromatic rings. The molecule has 0 radical (unpaired) electrons. The number of rotatable bonds is 8. The molecule has 0 unspecified atom stereocenters. The Morgan fingerprint density at radius 3 is 2.48 bits per heavy atom. The van der Waals surface area contributed by atoms with Gasteiger partial charge in [-0.3, -0.25) is 0 Å². The van der Waals surface area contributed by atoms with Crippen molar-refractivity contribution < 1.29 is 17.7 Å². The second kappa shape index (κ2) is 8.51. The Bertz CT molecular complexity index is 986. The molecule has 3 rings (SSSR count). The summed E-state index contributed by atoms with van der Waals surface area (Å²) in [5, 5.41) is 4.43. The number of aromatic nitrogens is 2. The normalized spacial score (nSPS) is 11.5. The van der Waals surface area contributed by atoms with Crippen LogP contribution in [0, 0.1) is 0 Å². The van der Waals surface area contributed by atoms with E-state index in [2.05, 4.69) is 14.9 Å². The van der Waals surface area contributed by atoms with Crippen molar-refractivity contribution in [2.75, 3.05) is 6.61 Å². The van der Waals surface area contributed by atoms with E-state index in [-0.39, 0.29) is 18.2 Å². The monoisotopic (exact) mass is 407 g/mol. The van der Waals surface area contributed by atoms with E-state index in [0.717, 1.165) is 11.3 Å². The quantitative estimate of drug-likeness (QED) is 0.614. The lowest BCUT2D eigenvalue weighted by Gasteiger charge is -2.04. The van der Waals surface area contributed by atoms with Crippen molar-refractivity contribution in [3.05, 3.63) is 65.0 Å². The van der Waals surface area contributed by atoms with E-state index in [1.54, 1.807) is 24.3 Å². The highest BCUT2D eigenvalue weighted by molar-refractivity contribution is 7.88. The Morgan fingerprint density at radius 1 is 1.11 bits per heavy atom. The van der Waals surface area contributed by atoms with Crippen molar-refractivity contribution in [1.82, 2.24) is 14.9 Å². The van der Waals surface area contributed by atoms with Crippen molar-refractivity contribution in [1.29, 1.82) is 0 Å². The second-order valence-electron chi connectivity index (χ2n) is 5.68. The maximum atomic E-state index is 12.2. The smallest absolute Gasteiger partial charge is 0.242 e. The van der Waals surface area contributed by atoms with Crippen LogP contribution in [0.15, 0.2) is 53.1 Å². The van der Waals surface area contributed by atoms with Crippen molar-refractivity contribution >= 4 is 21.6 Å². The van der Waals surface area contributed by atoms with Gasteiger partial charge in [0.15, 0.2) is 0 Å². The van der Waals surface area contributed by atoms with Gasteiger partial charge in [0, 0.05) is 10.6 Å². The Balaban J connectivity index is 1.60. The van der Waals surface area contributed by atoms with Gasteiger partial charge in [0.2, 0.25) is 21.7 Å². The third-order valence-corrected chi connectivity index (χ3v) is 5.15. The molecule has 0 aliphatic heterocycles. The molecule has 9 heteroatoms. The highest BCUT2D eigenvalue weighted by atomic mass is 35.5. The van der Waals surface area contributed by atoms with Gasteiger partial charge < -0.3 is 9.26 Å². The highest BCUT2D eigenvalue weighted by Gasteiger charge is 2.15. The van der Waals surface area contributed by atoms with E-state index < -0.39 is 10.0 Å². The van der Waals surface area contributed by atoms with Crippen LogP contribution in [0.2, 0.25) is 5.02 Å². The van der Waals surface area contributed by atoms with E-state index >= 15 is 0 Å². The van der Waals surface area contributed by atoms with Crippen LogP contribution in [-0.2, 0) is 22.3 Å². The van der Waals surface area contributed by atoms with Crippen LogP contribution >= 0.6 is 11.6 Å². The van der Waals surface area contributed by atoms with Gasteiger partial charge in [-0.15, -0.1) is 0 Å². The molecule has 2 aromatic carbocycles. The summed E-state index contributed by atoms with van der Waals surface area (Å²) in [7, 11) is -3.55. The van der Waals surface area contributed by atoms with Crippen LogP contribution < -0.4 is 9.46 Å². The first-order valence-corrected chi connectivity index (χ1v) is 10.3. The number of nitrogens with zero attached hydrogens (tertiary/aromatic N) is 2. The molecule has 0 aliphatic rings. The molecule has 0 aliphatic carbocycles. The third kappa shape index (κ3) is 5.53. The van der Waals surface area contributed by atoms with Gasteiger partial charge in [0.1, 0.15) is 5.75 Å². The van der Waals surface area contributed by atoms with Crippen LogP contribution in [0.1, 0.15) is 18.4 Å². The molecular weight excluding hydrogens is 390 g/mol. The SMILES string of the molecule is CCOc1ccc(-c2noc(CNS(=O)(=O)Cc3ccc(Cl)cc3)n2)cc1. The van der Waals surface area contributed by atoms with E-state index in [1.165, 1.54) is 0 Å². The minimum Gasteiger partial charge on any atom is -0.494 e. The van der Waals surface area contributed by atoms with Gasteiger partial charge >= 0.3 is 0 Å². The van der Waals surface area contributed by atoms with E-state index in [0.29, 0.717) is 23.0 Å². The van der Waals surface area contributed by atoms with Crippen LogP contribution in [0.5, 0.6) is 5.75 Å². The molecule has 0 saturated heterocycles. The summed E-state index contributed by atoms with van der Waals surface area (Å²) in [4.78, 5) is 4.21. The third-order valence-electron chi connectivity index (χ3n) is 3.60. The summed E-state index contributed by atoms with van der Waals surface area (Å²) in [5.74, 6) is 1.15. The molecule has 1 aromatic heterocycles. The molecule has 1 N–H and O–H groups in total. The lowest BCUT2D eigenvalue weighted by Crippen LogP contribution is -2.24. The summed E-state index contributed by atoms with van der Waals surface area (Å²) in [6, 6.07) is 13.9. The molecule has 27 heavy (non-hydrogen) atoms. The Kier molecular flexibility index (Phi) is 6.10. The summed E-state index contributed by atoms with van der Waals surface area (Å²) in [6.45, 7) is 2.41. The largest absolute Gasteiger partial charge is 0.494 e. The molecule has 0 amide bonds. The van der Waals surface area contributed by atoms with Crippen LogP contribution in [0.3, 0.4) is 0 Å². The molecule has 0 fully saturated rings. The zero-order chi connectivity index (χ0) is 19.3.